The van der Waals surface area contributed by atoms with Crippen molar-refractivity contribution in [1.29, 1.82) is 0 Å². The minimum atomic E-state index is -1.19. The van der Waals surface area contributed by atoms with Crippen molar-refractivity contribution in [3.05, 3.63) is 54.6 Å². The zero-order chi connectivity index (χ0) is 19.2. The van der Waals surface area contributed by atoms with Gasteiger partial charge in [-0.2, -0.15) is 0 Å². The highest BCUT2D eigenvalue weighted by molar-refractivity contribution is 6.02. The average molecular weight is 370 g/mol. The molecular formula is C18H18N4O5. The molecule has 9 nitrogen and oxygen atoms in total. The van der Waals surface area contributed by atoms with Gasteiger partial charge in [-0.25, -0.2) is 9.78 Å². The van der Waals surface area contributed by atoms with Gasteiger partial charge in [-0.3, -0.25) is 9.59 Å². The molecule has 1 aliphatic heterocycles. The van der Waals surface area contributed by atoms with Crippen LogP contribution in [0.3, 0.4) is 0 Å². The Kier molecular flexibility index (Phi) is 5.50. The van der Waals surface area contributed by atoms with Gasteiger partial charge in [0.05, 0.1) is 18.1 Å². The van der Waals surface area contributed by atoms with E-state index < -0.39 is 11.9 Å². The molecule has 2 N–H and O–H groups in total. The second kappa shape index (κ2) is 8.17. The smallest absolute Gasteiger partial charge is 0.328 e. The number of piperazine rings is 1. The minimum Gasteiger partial charge on any atom is -0.478 e. The second-order valence-corrected chi connectivity index (χ2v) is 5.82. The lowest BCUT2D eigenvalue weighted by Gasteiger charge is -2.35. The Labute approximate surface area is 154 Å². The number of pyridine rings is 1. The number of nitrogens with one attached hydrogen (secondary N) is 1. The van der Waals surface area contributed by atoms with Gasteiger partial charge in [0.1, 0.15) is 5.82 Å². The van der Waals surface area contributed by atoms with Crippen LogP contribution in [0.5, 0.6) is 0 Å². The van der Waals surface area contributed by atoms with Crippen LogP contribution in [0.2, 0.25) is 0 Å². The normalized spacial score (nSPS) is 14.4. The van der Waals surface area contributed by atoms with Crippen molar-refractivity contribution < 1.29 is 23.9 Å². The first-order chi connectivity index (χ1) is 13.0. The maximum absolute atomic E-state index is 12.3. The van der Waals surface area contributed by atoms with E-state index in [-0.39, 0.29) is 5.91 Å². The summed E-state index contributed by atoms with van der Waals surface area (Å²) in [4.78, 5) is 42.3. The van der Waals surface area contributed by atoms with Crippen molar-refractivity contribution >= 4 is 29.3 Å². The average Bonchev–Trinajstić information content (AvgIpc) is 3.21. The van der Waals surface area contributed by atoms with E-state index in [4.69, 9.17) is 9.52 Å². The van der Waals surface area contributed by atoms with Gasteiger partial charge in [0.25, 0.3) is 5.91 Å². The monoisotopic (exact) mass is 370 g/mol. The lowest BCUT2D eigenvalue weighted by Crippen LogP contribution is -2.49. The maximum Gasteiger partial charge on any atom is 0.328 e. The summed E-state index contributed by atoms with van der Waals surface area (Å²) in [6, 6.07) is 6.79. The van der Waals surface area contributed by atoms with Crippen molar-refractivity contribution in [3.63, 3.8) is 0 Å². The number of hydrogen-bond acceptors (Lipinski definition) is 6. The fraction of sp³-hybridized carbons (Fsp3) is 0.222. The van der Waals surface area contributed by atoms with Gasteiger partial charge >= 0.3 is 5.97 Å². The molecule has 0 bridgehead atoms. The summed E-state index contributed by atoms with van der Waals surface area (Å²) in [7, 11) is 0. The summed E-state index contributed by atoms with van der Waals surface area (Å²) in [5.41, 5.74) is 0.463. The van der Waals surface area contributed by atoms with Crippen molar-refractivity contribution in [1.82, 2.24) is 9.88 Å². The first-order valence-electron chi connectivity index (χ1n) is 8.29. The topological polar surface area (TPSA) is 116 Å². The highest BCUT2D eigenvalue weighted by Gasteiger charge is 2.24. The molecule has 140 valence electrons. The third kappa shape index (κ3) is 4.72. The molecule has 2 amide bonds. The Morgan fingerprint density at radius 1 is 1.11 bits per heavy atom. The number of carbonyl (C=O) groups is 3. The minimum absolute atomic E-state index is 0.125. The molecule has 27 heavy (non-hydrogen) atoms. The molecule has 1 fully saturated rings. The van der Waals surface area contributed by atoms with E-state index in [2.05, 4.69) is 10.3 Å². The number of hydrogen-bond donors (Lipinski definition) is 2. The molecule has 1 aliphatic rings. The standard InChI is InChI=1S/C18H18N4O5/c23-16(5-6-17(24)25)20-13-3-4-15(19-12-13)21-7-9-22(10-8-21)18(26)14-2-1-11-27-14/h1-6,11-12H,7-10H2,(H,20,23)(H,24,25)/b6-5+. The summed E-state index contributed by atoms with van der Waals surface area (Å²) in [5, 5.41) is 11.0. The number of carbonyl (C=O) groups excluding carboxylic acids is 2. The molecule has 0 saturated carbocycles. The van der Waals surface area contributed by atoms with E-state index in [0.717, 1.165) is 18.0 Å². The first kappa shape index (κ1) is 18.2. The van der Waals surface area contributed by atoms with Crippen LogP contribution in [0.4, 0.5) is 11.5 Å². The molecule has 2 aromatic heterocycles. The summed E-state index contributed by atoms with van der Waals surface area (Å²) < 4.78 is 5.15. The van der Waals surface area contributed by atoms with Crippen LogP contribution in [-0.4, -0.2) is 59.0 Å². The Morgan fingerprint density at radius 2 is 1.89 bits per heavy atom. The predicted octanol–water partition coefficient (Wildman–Crippen LogP) is 1.22. The van der Waals surface area contributed by atoms with E-state index in [9.17, 15) is 14.4 Å². The second-order valence-electron chi connectivity index (χ2n) is 5.82. The molecule has 0 atom stereocenters. The largest absolute Gasteiger partial charge is 0.478 e. The number of carboxylic acid groups (broad SMARTS) is 1. The van der Waals surface area contributed by atoms with Crippen LogP contribution in [-0.2, 0) is 9.59 Å². The lowest BCUT2D eigenvalue weighted by molar-refractivity contribution is -0.131. The van der Waals surface area contributed by atoms with Crippen molar-refractivity contribution in [3.8, 4) is 0 Å². The molecule has 0 spiro atoms. The van der Waals surface area contributed by atoms with Crippen molar-refractivity contribution in [2.45, 2.75) is 0 Å². The first-order valence-corrected chi connectivity index (χ1v) is 8.29. The van der Waals surface area contributed by atoms with Crippen LogP contribution in [0.15, 0.2) is 53.3 Å². The molecule has 0 radical (unpaired) electrons. The molecular weight excluding hydrogens is 352 g/mol. The number of carboxylic acids is 1. The summed E-state index contributed by atoms with van der Waals surface area (Å²) in [6.07, 6.45) is 4.68. The number of aliphatic carboxylic acids is 1. The Balaban J connectivity index is 1.53. The quantitative estimate of drug-likeness (QED) is 0.760. The van der Waals surface area contributed by atoms with Gasteiger partial charge in [-0.1, -0.05) is 0 Å². The summed E-state index contributed by atoms with van der Waals surface area (Å²) in [6.45, 7) is 2.37. The predicted molar refractivity (Wildman–Crippen MR) is 96.5 cm³/mol. The third-order valence-corrected chi connectivity index (χ3v) is 4.02. The van der Waals surface area contributed by atoms with Crippen LogP contribution in [0, 0.1) is 0 Å². The zero-order valence-electron chi connectivity index (χ0n) is 14.4. The fourth-order valence-corrected chi connectivity index (χ4v) is 2.67. The maximum atomic E-state index is 12.3. The molecule has 0 aromatic carbocycles. The van der Waals surface area contributed by atoms with Crippen LogP contribution >= 0.6 is 0 Å². The number of nitrogens with zero attached hydrogens (tertiary/aromatic N) is 3. The van der Waals surface area contributed by atoms with E-state index in [1.807, 2.05) is 4.90 Å². The van der Waals surface area contributed by atoms with E-state index in [1.165, 1.54) is 12.5 Å². The van der Waals surface area contributed by atoms with Crippen molar-refractivity contribution in [2.24, 2.45) is 0 Å². The molecule has 3 heterocycles. The van der Waals surface area contributed by atoms with Crippen LogP contribution < -0.4 is 10.2 Å². The van der Waals surface area contributed by atoms with Gasteiger partial charge in [-0.05, 0) is 24.3 Å². The molecule has 2 aromatic rings. The molecule has 3 rings (SSSR count). The molecule has 0 aliphatic carbocycles. The van der Waals surface area contributed by atoms with Gasteiger partial charge < -0.3 is 24.6 Å². The highest BCUT2D eigenvalue weighted by Crippen LogP contribution is 2.17. The molecule has 1 saturated heterocycles. The Morgan fingerprint density at radius 3 is 2.48 bits per heavy atom. The molecule has 9 heteroatoms. The van der Waals surface area contributed by atoms with Gasteiger partial charge in [0.15, 0.2) is 5.76 Å². The van der Waals surface area contributed by atoms with E-state index in [1.54, 1.807) is 29.2 Å². The number of amides is 2. The van der Waals surface area contributed by atoms with Crippen LogP contribution in [0.1, 0.15) is 10.6 Å². The van der Waals surface area contributed by atoms with Crippen LogP contribution in [0.25, 0.3) is 0 Å². The Hall–Kier alpha value is -3.62. The third-order valence-electron chi connectivity index (χ3n) is 4.02. The SMILES string of the molecule is O=C(O)/C=C/C(=O)Nc1ccc(N2CCN(C(=O)c3ccco3)CC2)nc1. The number of aromatic nitrogens is 1. The van der Waals surface area contributed by atoms with Gasteiger partial charge in [-0.15, -0.1) is 0 Å². The highest BCUT2D eigenvalue weighted by atomic mass is 16.4. The molecule has 0 unspecified atom stereocenters. The summed E-state index contributed by atoms with van der Waals surface area (Å²) >= 11 is 0. The van der Waals surface area contributed by atoms with Crippen molar-refractivity contribution in [2.75, 3.05) is 36.4 Å². The van der Waals surface area contributed by atoms with E-state index in [0.29, 0.717) is 37.6 Å². The zero-order valence-corrected chi connectivity index (χ0v) is 14.4. The van der Waals surface area contributed by atoms with E-state index >= 15 is 0 Å². The number of anilines is 2. The Bertz CT molecular complexity index is 837. The van der Waals surface area contributed by atoms with Gasteiger partial charge in [0, 0.05) is 38.3 Å². The number of rotatable bonds is 5. The fourth-order valence-electron chi connectivity index (χ4n) is 2.67. The number of furan rings is 1. The summed E-state index contributed by atoms with van der Waals surface area (Å²) in [5.74, 6) is -0.793. The lowest BCUT2D eigenvalue weighted by atomic mass is 10.2. The van der Waals surface area contributed by atoms with Gasteiger partial charge in [0.2, 0.25) is 5.91 Å².